The molecule has 0 aliphatic carbocycles. The summed E-state index contributed by atoms with van der Waals surface area (Å²) < 4.78 is 5.24. The van der Waals surface area contributed by atoms with Gasteiger partial charge in [0.15, 0.2) is 0 Å². The van der Waals surface area contributed by atoms with Crippen molar-refractivity contribution in [3.8, 4) is 0 Å². The molecule has 0 aromatic rings. The second-order valence-corrected chi connectivity index (χ2v) is 2.57. The first kappa shape index (κ1) is 11.2. The number of ether oxygens (including phenoxy) is 1. The van der Waals surface area contributed by atoms with Crippen molar-refractivity contribution in [1.82, 2.24) is 4.90 Å². The van der Waals surface area contributed by atoms with Crippen molar-refractivity contribution in [2.75, 3.05) is 27.3 Å². The number of hydrogen-bond donors (Lipinski definition) is 0. The highest BCUT2D eigenvalue weighted by Crippen LogP contribution is 1.98. The average Bonchev–Trinajstić information content (AvgIpc) is 2.05. The number of likely N-dealkylation sites (N-methyl/N-ethyl adjacent to an activating group) is 1. The maximum Gasteiger partial charge on any atom is 0.129 e. The van der Waals surface area contributed by atoms with E-state index in [-0.39, 0.29) is 0 Å². The van der Waals surface area contributed by atoms with Crippen LogP contribution in [0.15, 0.2) is 17.3 Å². The van der Waals surface area contributed by atoms with Crippen LogP contribution in [-0.2, 0) is 4.74 Å². The van der Waals surface area contributed by atoms with Crippen LogP contribution in [0.2, 0.25) is 0 Å². The number of allylic oxidation sites excluding steroid dienone is 1. The third-order valence-corrected chi connectivity index (χ3v) is 1.65. The Hall–Kier alpha value is -0.830. The summed E-state index contributed by atoms with van der Waals surface area (Å²) in [5.41, 5.74) is 0.968. The van der Waals surface area contributed by atoms with Gasteiger partial charge in [-0.2, -0.15) is 0 Å². The molecule has 70 valence electrons. The van der Waals surface area contributed by atoms with Gasteiger partial charge in [-0.15, -0.1) is 0 Å². The van der Waals surface area contributed by atoms with Gasteiger partial charge in [-0.25, -0.2) is 0 Å². The topological polar surface area (TPSA) is 24.8 Å². The first-order valence-electron chi connectivity index (χ1n) is 4.06. The van der Waals surface area contributed by atoms with E-state index in [4.69, 9.17) is 4.74 Å². The summed E-state index contributed by atoms with van der Waals surface area (Å²) in [6.45, 7) is 8.99. The molecule has 0 N–H and O–H groups in total. The van der Waals surface area contributed by atoms with Crippen LogP contribution in [0.3, 0.4) is 0 Å². The molecule has 0 radical (unpaired) electrons. The van der Waals surface area contributed by atoms with Gasteiger partial charge < -0.3 is 9.64 Å². The van der Waals surface area contributed by atoms with Crippen molar-refractivity contribution in [3.05, 3.63) is 12.3 Å². The molecule has 12 heavy (non-hydrogen) atoms. The Bertz CT molecular complexity index is 175. The average molecular weight is 170 g/mol. The minimum absolute atomic E-state index is 0.552. The van der Waals surface area contributed by atoms with Crippen LogP contribution < -0.4 is 0 Å². The van der Waals surface area contributed by atoms with Crippen LogP contribution >= 0.6 is 0 Å². The highest BCUT2D eigenvalue weighted by Gasteiger charge is 2.04. The Morgan fingerprint density at radius 1 is 1.58 bits per heavy atom. The van der Waals surface area contributed by atoms with Crippen LogP contribution in [0.5, 0.6) is 0 Å². The molecular weight excluding hydrogens is 152 g/mol. The van der Waals surface area contributed by atoms with E-state index in [1.54, 1.807) is 7.05 Å². The van der Waals surface area contributed by atoms with Crippen molar-refractivity contribution < 1.29 is 4.74 Å². The predicted molar refractivity (Wildman–Crippen MR) is 52.4 cm³/mol. The molecule has 0 bridgehead atoms. The van der Waals surface area contributed by atoms with Gasteiger partial charge in [-0.3, -0.25) is 4.99 Å². The molecule has 0 aliphatic heterocycles. The van der Waals surface area contributed by atoms with Gasteiger partial charge in [-0.05, 0) is 13.8 Å². The third-order valence-electron chi connectivity index (χ3n) is 1.65. The summed E-state index contributed by atoms with van der Waals surface area (Å²) in [7, 11) is 3.69. The fourth-order valence-electron chi connectivity index (χ4n) is 0.725. The molecule has 0 fully saturated rings. The Labute approximate surface area is 74.7 Å². The molecule has 0 atom stereocenters. The lowest BCUT2D eigenvalue weighted by molar-refractivity contribution is 0.181. The van der Waals surface area contributed by atoms with Crippen molar-refractivity contribution >= 4 is 5.84 Å². The van der Waals surface area contributed by atoms with Crippen molar-refractivity contribution in [3.63, 3.8) is 0 Å². The number of aliphatic imine (C=N–C) groups is 1. The predicted octanol–water partition coefficient (Wildman–Crippen LogP) is 1.52. The normalized spacial score (nSPS) is 11.5. The van der Waals surface area contributed by atoms with Crippen molar-refractivity contribution in [1.29, 1.82) is 0 Å². The minimum Gasteiger partial charge on any atom is -0.374 e. The molecule has 3 nitrogen and oxygen atoms in total. The molecular formula is C9H18N2O. The Morgan fingerprint density at radius 3 is 2.50 bits per heavy atom. The maximum absolute atomic E-state index is 5.24. The van der Waals surface area contributed by atoms with Gasteiger partial charge in [0.1, 0.15) is 12.4 Å². The summed E-state index contributed by atoms with van der Waals surface area (Å²) in [5.74, 6) is 0.907. The summed E-state index contributed by atoms with van der Waals surface area (Å²) in [6, 6.07) is 0. The zero-order valence-corrected chi connectivity index (χ0v) is 8.42. The second-order valence-electron chi connectivity index (χ2n) is 2.57. The fraction of sp³-hybridized carbons (Fsp3) is 0.667. The molecule has 3 heteroatoms. The molecule has 0 rings (SSSR count). The Morgan fingerprint density at radius 2 is 2.17 bits per heavy atom. The van der Waals surface area contributed by atoms with Crippen LogP contribution in [-0.4, -0.2) is 38.0 Å². The highest BCUT2D eigenvalue weighted by atomic mass is 16.5. The van der Waals surface area contributed by atoms with E-state index in [9.17, 15) is 0 Å². The molecule has 0 aromatic heterocycles. The molecule has 0 amide bonds. The molecule has 0 heterocycles. The molecule has 0 unspecified atom stereocenters. The van der Waals surface area contributed by atoms with E-state index in [0.717, 1.165) is 11.5 Å². The van der Waals surface area contributed by atoms with E-state index in [1.165, 1.54) is 0 Å². The van der Waals surface area contributed by atoms with E-state index in [1.807, 2.05) is 25.8 Å². The standard InChI is InChI=1S/C9H18N2O/c1-6-12-7-9(10-4)11(5)8(2)3/h2,6-7H2,1,3-5H3. The molecule has 0 saturated carbocycles. The zero-order chi connectivity index (χ0) is 9.56. The first-order valence-corrected chi connectivity index (χ1v) is 4.06. The van der Waals surface area contributed by atoms with E-state index in [2.05, 4.69) is 11.6 Å². The van der Waals surface area contributed by atoms with Crippen LogP contribution in [0.4, 0.5) is 0 Å². The van der Waals surface area contributed by atoms with Crippen LogP contribution in [0.1, 0.15) is 13.8 Å². The zero-order valence-electron chi connectivity index (χ0n) is 8.42. The molecule has 0 saturated heterocycles. The number of amidine groups is 1. The molecule has 0 spiro atoms. The second kappa shape index (κ2) is 5.77. The van der Waals surface area contributed by atoms with Gasteiger partial charge in [0, 0.05) is 26.4 Å². The quantitative estimate of drug-likeness (QED) is 0.472. The lowest BCUT2D eigenvalue weighted by Crippen LogP contribution is -2.28. The van der Waals surface area contributed by atoms with Gasteiger partial charge >= 0.3 is 0 Å². The van der Waals surface area contributed by atoms with E-state index in [0.29, 0.717) is 13.2 Å². The Kier molecular flexibility index (Phi) is 5.37. The Balaban J connectivity index is 4.07. The lowest BCUT2D eigenvalue weighted by atomic mass is 10.4. The van der Waals surface area contributed by atoms with E-state index >= 15 is 0 Å². The molecule has 0 aliphatic rings. The summed E-state index contributed by atoms with van der Waals surface area (Å²) in [5, 5.41) is 0. The van der Waals surface area contributed by atoms with Gasteiger partial charge in [0.25, 0.3) is 0 Å². The maximum atomic E-state index is 5.24. The van der Waals surface area contributed by atoms with Gasteiger partial charge in [0.2, 0.25) is 0 Å². The number of rotatable bonds is 4. The van der Waals surface area contributed by atoms with Crippen molar-refractivity contribution in [2.24, 2.45) is 4.99 Å². The SMILES string of the molecule is C=C(C)N(C)C(COCC)=NC. The smallest absolute Gasteiger partial charge is 0.129 e. The monoisotopic (exact) mass is 170 g/mol. The summed E-state index contributed by atoms with van der Waals surface area (Å²) in [4.78, 5) is 6.03. The molecule has 0 aromatic carbocycles. The van der Waals surface area contributed by atoms with Gasteiger partial charge in [0.05, 0.1) is 0 Å². The van der Waals surface area contributed by atoms with Gasteiger partial charge in [-0.1, -0.05) is 6.58 Å². The fourth-order valence-corrected chi connectivity index (χ4v) is 0.725. The lowest BCUT2D eigenvalue weighted by Gasteiger charge is -2.20. The van der Waals surface area contributed by atoms with E-state index < -0.39 is 0 Å². The summed E-state index contributed by atoms with van der Waals surface area (Å²) >= 11 is 0. The summed E-state index contributed by atoms with van der Waals surface area (Å²) in [6.07, 6.45) is 0. The highest BCUT2D eigenvalue weighted by molar-refractivity contribution is 5.84. The largest absolute Gasteiger partial charge is 0.374 e. The van der Waals surface area contributed by atoms with Crippen molar-refractivity contribution in [2.45, 2.75) is 13.8 Å². The van der Waals surface area contributed by atoms with Crippen LogP contribution in [0.25, 0.3) is 0 Å². The first-order chi connectivity index (χ1) is 5.63. The number of nitrogens with zero attached hydrogens (tertiary/aromatic N) is 2. The minimum atomic E-state index is 0.552. The number of hydrogen-bond acceptors (Lipinski definition) is 2. The van der Waals surface area contributed by atoms with Crippen LogP contribution in [0, 0.1) is 0 Å². The third kappa shape index (κ3) is 3.53.